The molecule has 0 radical (unpaired) electrons. The van der Waals surface area contributed by atoms with E-state index < -0.39 is 0 Å². The first-order valence-electron chi connectivity index (χ1n) is 10.5. The van der Waals surface area contributed by atoms with Crippen molar-refractivity contribution in [2.24, 2.45) is 0 Å². The van der Waals surface area contributed by atoms with Crippen molar-refractivity contribution in [1.82, 2.24) is 10.2 Å². The van der Waals surface area contributed by atoms with Crippen molar-refractivity contribution in [3.05, 3.63) is 71.6 Å². The van der Waals surface area contributed by atoms with E-state index in [4.69, 9.17) is 0 Å². The van der Waals surface area contributed by atoms with Crippen LogP contribution < -0.4 is 5.32 Å². The summed E-state index contributed by atoms with van der Waals surface area (Å²) in [6, 6.07) is 9.14. The zero-order chi connectivity index (χ0) is 19.9. The highest BCUT2D eigenvalue weighted by Crippen LogP contribution is 2.30. The zero-order valence-corrected chi connectivity index (χ0v) is 17.9. The fourth-order valence-corrected chi connectivity index (χ4v) is 3.87. The van der Waals surface area contributed by atoms with Gasteiger partial charge in [-0.1, -0.05) is 56.8 Å². The van der Waals surface area contributed by atoms with Crippen LogP contribution in [0.2, 0.25) is 0 Å². The third-order valence-corrected chi connectivity index (χ3v) is 5.77. The van der Waals surface area contributed by atoms with Crippen molar-refractivity contribution in [2.75, 3.05) is 13.1 Å². The summed E-state index contributed by atoms with van der Waals surface area (Å²) in [6.45, 7) is 19.3. The summed E-state index contributed by atoms with van der Waals surface area (Å²) < 4.78 is 0. The second-order valence-corrected chi connectivity index (χ2v) is 8.23. The average molecular weight is 367 g/mol. The highest BCUT2D eigenvalue weighted by atomic mass is 15.2. The number of hydrogen-bond donors (Lipinski definition) is 1. The maximum absolute atomic E-state index is 4.26. The van der Waals surface area contributed by atoms with Crippen molar-refractivity contribution in [1.29, 1.82) is 0 Å². The molecule has 1 aliphatic rings. The molecule has 0 spiro atoms. The Kier molecular flexibility index (Phi) is 7.77. The monoisotopic (exact) mass is 366 g/mol. The predicted molar refractivity (Wildman–Crippen MR) is 119 cm³/mol. The first kappa shape index (κ1) is 21.3. The third kappa shape index (κ3) is 6.30. The van der Waals surface area contributed by atoms with Gasteiger partial charge < -0.3 is 10.2 Å². The van der Waals surface area contributed by atoms with Gasteiger partial charge in [0.05, 0.1) is 0 Å². The summed E-state index contributed by atoms with van der Waals surface area (Å²) in [5.74, 6) is 0. The molecule has 2 nitrogen and oxygen atoms in total. The summed E-state index contributed by atoms with van der Waals surface area (Å²) in [5.41, 5.74) is 6.62. The summed E-state index contributed by atoms with van der Waals surface area (Å²) in [7, 11) is 0. The molecule has 1 aromatic rings. The van der Waals surface area contributed by atoms with E-state index in [-0.39, 0.29) is 5.54 Å². The Bertz CT molecular complexity index is 654. The number of nitrogens with zero attached hydrogens (tertiary/aromatic N) is 1. The second-order valence-electron chi connectivity index (χ2n) is 8.23. The van der Waals surface area contributed by atoms with Gasteiger partial charge >= 0.3 is 0 Å². The lowest BCUT2D eigenvalue weighted by Gasteiger charge is -2.44. The van der Waals surface area contributed by atoms with Gasteiger partial charge in [0.15, 0.2) is 0 Å². The van der Waals surface area contributed by atoms with E-state index in [0.717, 1.165) is 63.0 Å². The summed E-state index contributed by atoms with van der Waals surface area (Å²) in [4.78, 5) is 2.43. The molecule has 0 aliphatic carbocycles. The standard InChI is InChI=1S/C25H38N2/c1-7-21(5)26-25(14-13-24-11-9-23(8-2)10-12-24)15-17-27(18-16-25)22(6)19-20(3)4/h9-12,19,26H,5-8,13-18H2,1-4H3. The highest BCUT2D eigenvalue weighted by Gasteiger charge is 2.34. The predicted octanol–water partition coefficient (Wildman–Crippen LogP) is 6.01. The molecule has 0 bridgehead atoms. The molecule has 27 heavy (non-hydrogen) atoms. The number of rotatable bonds is 9. The van der Waals surface area contributed by atoms with Gasteiger partial charge in [-0.05, 0) is 69.6 Å². The van der Waals surface area contributed by atoms with E-state index in [1.165, 1.54) is 16.7 Å². The lowest BCUT2D eigenvalue weighted by Crippen LogP contribution is -2.52. The molecule has 0 amide bonds. The van der Waals surface area contributed by atoms with Crippen LogP contribution in [0.25, 0.3) is 0 Å². The van der Waals surface area contributed by atoms with Crippen LogP contribution >= 0.6 is 0 Å². The maximum Gasteiger partial charge on any atom is 0.0407 e. The van der Waals surface area contributed by atoms with Crippen LogP contribution in [0.5, 0.6) is 0 Å². The summed E-state index contributed by atoms with van der Waals surface area (Å²) in [6.07, 6.45) is 8.82. The van der Waals surface area contributed by atoms with Crippen LogP contribution in [-0.4, -0.2) is 23.5 Å². The van der Waals surface area contributed by atoms with Crippen LogP contribution in [0, 0.1) is 0 Å². The number of allylic oxidation sites excluding steroid dienone is 3. The smallest absolute Gasteiger partial charge is 0.0407 e. The van der Waals surface area contributed by atoms with Crippen LogP contribution in [0.3, 0.4) is 0 Å². The molecule has 0 unspecified atom stereocenters. The maximum atomic E-state index is 4.26. The minimum absolute atomic E-state index is 0.151. The Morgan fingerprint density at radius 2 is 1.67 bits per heavy atom. The van der Waals surface area contributed by atoms with E-state index in [1.807, 2.05) is 0 Å². The Morgan fingerprint density at radius 1 is 1.07 bits per heavy atom. The van der Waals surface area contributed by atoms with Crippen LogP contribution in [0.1, 0.15) is 64.5 Å². The van der Waals surface area contributed by atoms with Crippen molar-refractivity contribution >= 4 is 0 Å². The van der Waals surface area contributed by atoms with Gasteiger partial charge in [0.25, 0.3) is 0 Å². The van der Waals surface area contributed by atoms with Gasteiger partial charge in [-0.25, -0.2) is 0 Å². The average Bonchev–Trinajstić information content (AvgIpc) is 2.66. The normalized spacial score (nSPS) is 15.9. The molecule has 0 saturated carbocycles. The van der Waals surface area contributed by atoms with Gasteiger partial charge in [-0.15, -0.1) is 0 Å². The molecule has 148 valence electrons. The molecular formula is C25H38N2. The first-order chi connectivity index (χ1) is 12.9. The fraction of sp³-hybridized carbons (Fsp3) is 0.520. The van der Waals surface area contributed by atoms with Crippen LogP contribution in [0.15, 0.2) is 60.5 Å². The van der Waals surface area contributed by atoms with Gasteiger partial charge in [0, 0.05) is 30.0 Å². The third-order valence-electron chi connectivity index (χ3n) is 5.77. The topological polar surface area (TPSA) is 15.3 Å². The van der Waals surface area contributed by atoms with Gasteiger partial charge in [-0.3, -0.25) is 0 Å². The van der Waals surface area contributed by atoms with Crippen molar-refractivity contribution in [3.8, 4) is 0 Å². The Labute approximate surface area is 167 Å². The molecule has 2 rings (SSSR count). The first-order valence-corrected chi connectivity index (χ1v) is 10.5. The largest absolute Gasteiger partial charge is 0.383 e. The fourth-order valence-electron chi connectivity index (χ4n) is 3.87. The van der Waals surface area contributed by atoms with E-state index >= 15 is 0 Å². The van der Waals surface area contributed by atoms with E-state index in [9.17, 15) is 0 Å². The molecule has 1 N–H and O–H groups in total. The molecule has 0 aromatic heterocycles. The molecule has 1 aromatic carbocycles. The number of nitrogens with one attached hydrogen (secondary N) is 1. The van der Waals surface area contributed by atoms with Gasteiger partial charge in [-0.2, -0.15) is 0 Å². The molecule has 1 aliphatic heterocycles. The van der Waals surface area contributed by atoms with Gasteiger partial charge in [0.1, 0.15) is 0 Å². The van der Waals surface area contributed by atoms with E-state index in [0.29, 0.717) is 0 Å². The van der Waals surface area contributed by atoms with E-state index in [2.05, 4.69) is 81.4 Å². The Balaban J connectivity index is 2.04. The zero-order valence-electron chi connectivity index (χ0n) is 17.9. The van der Waals surface area contributed by atoms with Crippen molar-refractivity contribution < 1.29 is 0 Å². The van der Waals surface area contributed by atoms with Crippen LogP contribution in [0.4, 0.5) is 0 Å². The van der Waals surface area contributed by atoms with Crippen molar-refractivity contribution in [3.63, 3.8) is 0 Å². The summed E-state index contributed by atoms with van der Waals surface area (Å²) >= 11 is 0. The molecule has 1 saturated heterocycles. The Morgan fingerprint density at radius 3 is 2.19 bits per heavy atom. The number of benzene rings is 1. The molecular weight excluding hydrogens is 328 g/mol. The molecule has 1 heterocycles. The van der Waals surface area contributed by atoms with Crippen LogP contribution in [-0.2, 0) is 12.8 Å². The quantitative estimate of drug-likeness (QED) is 0.538. The van der Waals surface area contributed by atoms with E-state index in [1.54, 1.807) is 0 Å². The molecule has 1 fully saturated rings. The highest BCUT2D eigenvalue weighted by molar-refractivity contribution is 5.23. The number of aryl methyl sites for hydroxylation is 2. The second kappa shape index (κ2) is 9.82. The van der Waals surface area contributed by atoms with Crippen molar-refractivity contribution in [2.45, 2.75) is 71.8 Å². The SMILES string of the molecule is C=C(CC)NC1(CCc2ccc(CC)cc2)CCN(C(=C)C=C(C)C)CC1. The Hall–Kier alpha value is -1.96. The number of piperidine rings is 1. The lowest BCUT2D eigenvalue weighted by atomic mass is 9.81. The summed E-state index contributed by atoms with van der Waals surface area (Å²) in [5, 5.41) is 3.81. The van der Waals surface area contributed by atoms with Gasteiger partial charge in [0.2, 0.25) is 0 Å². The number of hydrogen-bond acceptors (Lipinski definition) is 2. The lowest BCUT2D eigenvalue weighted by molar-refractivity contribution is 0.165. The minimum atomic E-state index is 0.151. The minimum Gasteiger partial charge on any atom is -0.383 e. The number of likely N-dealkylation sites (tertiary alicyclic amines) is 1. The molecule has 0 atom stereocenters. The molecule has 2 heteroatoms.